The number of nitrogen functional groups attached to an aromatic ring is 2. The smallest absolute Gasteiger partial charge is 0.250 e. The monoisotopic (exact) mass is 1050 g/mol. The average molecular weight is 1050 g/mol. The number of halogens is 1. The first-order valence-electron chi connectivity index (χ1n) is 23.1. The zero-order chi connectivity index (χ0) is 48.9. The summed E-state index contributed by atoms with van der Waals surface area (Å²) < 4.78 is 10.9. The maximum atomic E-state index is 12.9. The van der Waals surface area contributed by atoms with Crippen molar-refractivity contribution in [3.05, 3.63) is 156 Å². The van der Waals surface area contributed by atoms with E-state index in [-0.39, 0.29) is 11.8 Å². The fraction of sp³-hybridized carbons (Fsp3) is 0.222. The topological polar surface area (TPSA) is 170 Å². The van der Waals surface area contributed by atoms with E-state index in [4.69, 9.17) is 16.2 Å². The zero-order valence-electron chi connectivity index (χ0n) is 39.6. The van der Waals surface area contributed by atoms with Gasteiger partial charge < -0.3 is 30.6 Å². The van der Waals surface area contributed by atoms with Gasteiger partial charge >= 0.3 is 0 Å². The molecule has 0 unspecified atom stereocenters. The number of nitrogens with zero attached hydrogens (tertiary/aromatic N) is 10. The number of ether oxygens (including phenoxy) is 1. The molecule has 0 aliphatic heterocycles. The summed E-state index contributed by atoms with van der Waals surface area (Å²) in [4.78, 5) is 50.7. The molecule has 0 saturated heterocycles. The number of anilines is 4. The lowest BCUT2D eigenvalue weighted by molar-refractivity contribution is -0.114. The fourth-order valence-corrected chi connectivity index (χ4v) is 9.01. The van der Waals surface area contributed by atoms with Crippen LogP contribution in [-0.2, 0) is 9.59 Å². The second kappa shape index (κ2) is 21.1. The van der Waals surface area contributed by atoms with Crippen LogP contribution in [0.25, 0.3) is 44.6 Å². The van der Waals surface area contributed by atoms with Crippen molar-refractivity contribution in [1.29, 1.82) is 0 Å². The summed E-state index contributed by atoms with van der Waals surface area (Å²) in [5.74, 6) is 2.25. The molecule has 0 spiro atoms. The minimum Gasteiger partial charge on any atom is -0.457 e. The van der Waals surface area contributed by atoms with Gasteiger partial charge in [-0.1, -0.05) is 54.6 Å². The zero-order valence-corrected chi connectivity index (χ0v) is 41.7. The van der Waals surface area contributed by atoms with Crippen LogP contribution in [0.15, 0.2) is 152 Å². The minimum absolute atomic E-state index is 0.0511. The second-order valence-electron chi connectivity index (χ2n) is 17.6. The summed E-state index contributed by atoms with van der Waals surface area (Å²) in [6.07, 6.45) is 19.1. The third-order valence-electron chi connectivity index (χ3n) is 12.6. The predicted octanol–water partition coefficient (Wildman–Crippen LogP) is 9.30. The Morgan fingerprint density at radius 3 is 1.64 bits per heavy atom. The van der Waals surface area contributed by atoms with E-state index < -0.39 is 0 Å². The van der Waals surface area contributed by atoms with Crippen LogP contribution in [0.4, 0.5) is 23.0 Å². The number of benzene rings is 4. The highest BCUT2D eigenvalue weighted by Crippen LogP contribution is 2.36. The van der Waals surface area contributed by atoms with Gasteiger partial charge in [-0.3, -0.25) is 24.0 Å². The lowest BCUT2D eigenvalue weighted by Crippen LogP contribution is -2.25. The molecule has 4 N–H and O–H groups in total. The molecule has 2 saturated carbocycles. The molecular weight excluding hydrogens is 992 g/mol. The van der Waals surface area contributed by atoms with E-state index in [1.165, 1.54) is 38.3 Å². The number of carbonyl (C=O) groups is 2. The molecule has 0 radical (unpaired) electrons. The van der Waals surface area contributed by atoms with Gasteiger partial charge in [0.15, 0.2) is 11.3 Å². The van der Waals surface area contributed by atoms with E-state index in [1.54, 1.807) is 36.0 Å². The van der Waals surface area contributed by atoms with Gasteiger partial charge in [0.25, 0.3) is 0 Å². The van der Waals surface area contributed by atoms with Gasteiger partial charge in [-0.15, -0.1) is 0 Å². The van der Waals surface area contributed by atoms with Crippen molar-refractivity contribution < 1.29 is 14.3 Å². The molecule has 0 atom stereocenters. The van der Waals surface area contributed by atoms with Crippen molar-refractivity contribution in [3.63, 3.8) is 0 Å². The third kappa shape index (κ3) is 10.9. The molecule has 4 aromatic carbocycles. The summed E-state index contributed by atoms with van der Waals surface area (Å²) in [7, 11) is 7.76. The lowest BCUT2D eigenvalue weighted by Gasteiger charge is -2.17. The molecule has 2 aliphatic rings. The quantitative estimate of drug-likeness (QED) is 0.0741. The van der Waals surface area contributed by atoms with E-state index in [0.717, 1.165) is 78.5 Å². The van der Waals surface area contributed by atoms with E-state index in [2.05, 4.69) is 66.4 Å². The Balaban J connectivity index is 0.000000185. The first-order chi connectivity index (χ1) is 33.9. The molecule has 2 fully saturated rings. The number of fused-ring (bicyclic) bond motifs is 2. The second-order valence-corrected chi connectivity index (χ2v) is 18.8. The number of likely N-dealkylation sites (N-methyl/N-ethyl adjacent to an activating group) is 4. The number of amides is 2. The summed E-state index contributed by atoms with van der Waals surface area (Å²) in [6, 6.07) is 34.5. The van der Waals surface area contributed by atoms with Gasteiger partial charge in [0.1, 0.15) is 35.8 Å². The average Bonchev–Trinajstić information content (AvgIpc) is 4.33. The van der Waals surface area contributed by atoms with Crippen LogP contribution in [0.3, 0.4) is 0 Å². The Morgan fingerprint density at radius 2 is 1.11 bits per heavy atom. The van der Waals surface area contributed by atoms with Crippen molar-refractivity contribution >= 4 is 79.5 Å². The number of hydrogen-bond acceptors (Lipinski definition) is 11. The maximum absolute atomic E-state index is 12.9. The number of nitrogens with two attached hydrogens (primary N) is 2. The number of aromatic nitrogens is 6. The Morgan fingerprint density at radius 1 is 0.629 bits per heavy atom. The van der Waals surface area contributed by atoms with Crippen LogP contribution in [0.1, 0.15) is 25.7 Å². The van der Waals surface area contributed by atoms with Crippen molar-refractivity contribution in [2.75, 3.05) is 62.5 Å². The number of rotatable bonds is 15. The van der Waals surface area contributed by atoms with Crippen LogP contribution in [0.2, 0.25) is 0 Å². The number of para-hydroxylation sites is 1. The largest absolute Gasteiger partial charge is 0.457 e. The van der Waals surface area contributed by atoms with Gasteiger partial charge in [-0.2, -0.15) is 0 Å². The van der Waals surface area contributed by atoms with Gasteiger partial charge in [0, 0.05) is 95.7 Å². The summed E-state index contributed by atoms with van der Waals surface area (Å²) >= 11 is 2.23. The predicted molar refractivity (Wildman–Crippen MR) is 288 cm³/mol. The Hall–Kier alpha value is -7.41. The molecule has 8 aromatic rings. The molecular formula is C54H55IN12O3. The molecule has 4 heterocycles. The first-order valence-corrected chi connectivity index (χ1v) is 24.2. The molecule has 356 valence electrons. The minimum atomic E-state index is -0.0752. The van der Waals surface area contributed by atoms with Crippen molar-refractivity contribution in [2.24, 2.45) is 0 Å². The lowest BCUT2D eigenvalue weighted by atomic mass is 10.1. The van der Waals surface area contributed by atoms with Crippen molar-refractivity contribution in [2.45, 2.75) is 37.8 Å². The normalized spacial score (nSPS) is 13.6. The summed E-state index contributed by atoms with van der Waals surface area (Å²) in [6.45, 7) is 1.56. The molecule has 2 amide bonds. The molecule has 4 aromatic heterocycles. The van der Waals surface area contributed by atoms with Gasteiger partial charge in [0.2, 0.25) is 11.8 Å². The van der Waals surface area contributed by atoms with Crippen LogP contribution in [0.5, 0.6) is 11.5 Å². The van der Waals surface area contributed by atoms with E-state index in [0.29, 0.717) is 29.4 Å². The SMILES string of the molecule is CN(C(=O)/C=C/CN(C)C1CC1)c1cccc(-n2cc(-c3ccc(Oc4ccccc4)cc3)c3c(N)ncnc32)c1.CN(C(=O)/C=C/CN(C)C1CC1)c1cccc(-n2cc(I)c3c(N)ncnc32)c1. The fourth-order valence-electron chi connectivity index (χ4n) is 8.21. The van der Waals surface area contributed by atoms with Gasteiger partial charge in [-0.25, -0.2) is 19.9 Å². The Kier molecular flexibility index (Phi) is 14.3. The standard InChI is InChI=1S/C33H32N6O2.C21H23IN6O/c1-37(24-15-16-24)19-7-12-30(40)38(2)25-8-6-9-26(20-25)39-21-29(31-32(34)35-22-36-33(31)39)23-13-17-28(18-14-23)41-27-10-4-3-5-11-27;1-26(14-8-9-14)10-4-7-18(29)27(2)15-5-3-6-16(11-15)28-12-17(22)19-20(23)24-13-25-21(19)28/h3-14,17-18,20-22,24H,15-16,19H2,1-2H3,(H2,34,35,36);3-7,11-14H,8-10H2,1-2H3,(H2,23,24,25)/b12-7+;7-4+. The summed E-state index contributed by atoms with van der Waals surface area (Å²) in [5.41, 5.74) is 19.0. The van der Waals surface area contributed by atoms with E-state index in [1.807, 2.05) is 137 Å². The maximum Gasteiger partial charge on any atom is 0.250 e. The highest BCUT2D eigenvalue weighted by molar-refractivity contribution is 14.1. The van der Waals surface area contributed by atoms with Crippen molar-refractivity contribution in [3.8, 4) is 34.0 Å². The number of hydrogen-bond donors (Lipinski definition) is 2. The Labute approximate surface area is 420 Å². The molecule has 0 bridgehead atoms. The molecule has 10 rings (SSSR count). The van der Waals surface area contributed by atoms with Crippen molar-refractivity contribution in [1.82, 2.24) is 38.9 Å². The van der Waals surface area contributed by atoms with Gasteiger partial charge in [-0.05, 0) is 129 Å². The highest BCUT2D eigenvalue weighted by Gasteiger charge is 2.26. The first kappa shape index (κ1) is 47.6. The van der Waals surface area contributed by atoms with Crippen LogP contribution in [0, 0.1) is 3.57 Å². The molecule has 2 aliphatic carbocycles. The summed E-state index contributed by atoms with van der Waals surface area (Å²) in [5, 5.41) is 1.60. The van der Waals surface area contributed by atoms with Crippen LogP contribution < -0.4 is 26.0 Å². The Bertz CT molecular complexity index is 3220. The highest BCUT2D eigenvalue weighted by atomic mass is 127. The van der Waals surface area contributed by atoms with E-state index >= 15 is 0 Å². The van der Waals surface area contributed by atoms with E-state index in [9.17, 15) is 9.59 Å². The van der Waals surface area contributed by atoms with Crippen LogP contribution in [-0.4, -0.2) is 104 Å². The van der Waals surface area contributed by atoms with Crippen LogP contribution >= 0.6 is 22.6 Å². The third-order valence-corrected chi connectivity index (χ3v) is 13.4. The molecule has 15 nitrogen and oxygen atoms in total. The molecule has 70 heavy (non-hydrogen) atoms. The number of carbonyl (C=O) groups excluding carboxylic acids is 2. The van der Waals surface area contributed by atoms with Gasteiger partial charge in [0.05, 0.1) is 10.8 Å². The molecule has 16 heteroatoms.